The van der Waals surface area contributed by atoms with Gasteiger partial charge in [0.25, 0.3) is 5.91 Å². The van der Waals surface area contributed by atoms with E-state index in [0.29, 0.717) is 22.8 Å². The standard InChI is InChI=1S/C21H22N2O5/c1-13-6-5-7-14(10-13)12-23-20(24)16(22-21(23)25)11-15-8-9-17(26-2)19(28-4)18(15)27-3/h5-11H,12H2,1-4H3,(H,22,25)/b16-11+. The number of nitrogens with zero attached hydrogens (tertiary/aromatic N) is 1. The van der Waals surface area contributed by atoms with Gasteiger partial charge in [0.15, 0.2) is 11.5 Å². The van der Waals surface area contributed by atoms with Crippen molar-refractivity contribution < 1.29 is 23.8 Å². The predicted molar refractivity (Wildman–Crippen MR) is 104 cm³/mol. The number of carbonyl (C=O) groups excluding carboxylic acids is 2. The number of rotatable bonds is 6. The molecule has 1 fully saturated rings. The van der Waals surface area contributed by atoms with E-state index < -0.39 is 11.9 Å². The smallest absolute Gasteiger partial charge is 0.329 e. The zero-order valence-electron chi connectivity index (χ0n) is 16.2. The van der Waals surface area contributed by atoms with Gasteiger partial charge < -0.3 is 19.5 Å². The van der Waals surface area contributed by atoms with Crippen molar-refractivity contribution in [3.8, 4) is 17.2 Å². The highest BCUT2D eigenvalue weighted by Crippen LogP contribution is 2.40. The molecule has 3 rings (SSSR count). The summed E-state index contributed by atoms with van der Waals surface area (Å²) in [6.07, 6.45) is 1.57. The van der Waals surface area contributed by atoms with Crippen LogP contribution in [0.3, 0.4) is 0 Å². The van der Waals surface area contributed by atoms with E-state index in [2.05, 4.69) is 5.32 Å². The molecule has 146 valence electrons. The summed E-state index contributed by atoms with van der Waals surface area (Å²) in [5, 5.41) is 2.63. The monoisotopic (exact) mass is 382 g/mol. The number of hydrogen-bond acceptors (Lipinski definition) is 5. The lowest BCUT2D eigenvalue weighted by molar-refractivity contribution is -0.123. The van der Waals surface area contributed by atoms with Crippen molar-refractivity contribution in [2.75, 3.05) is 21.3 Å². The van der Waals surface area contributed by atoms with Gasteiger partial charge >= 0.3 is 6.03 Å². The Kier molecular flexibility index (Phi) is 5.54. The summed E-state index contributed by atoms with van der Waals surface area (Å²) in [7, 11) is 4.53. The molecule has 0 radical (unpaired) electrons. The maximum atomic E-state index is 12.8. The molecule has 2 aromatic carbocycles. The van der Waals surface area contributed by atoms with Crippen LogP contribution >= 0.6 is 0 Å². The van der Waals surface area contributed by atoms with Crippen LogP contribution in [0, 0.1) is 6.92 Å². The van der Waals surface area contributed by atoms with Gasteiger partial charge in [-0.2, -0.15) is 0 Å². The average Bonchev–Trinajstić information content (AvgIpc) is 2.95. The van der Waals surface area contributed by atoms with Gasteiger partial charge in [0.1, 0.15) is 5.70 Å². The fourth-order valence-electron chi connectivity index (χ4n) is 3.10. The van der Waals surface area contributed by atoms with Crippen LogP contribution in [0.4, 0.5) is 4.79 Å². The van der Waals surface area contributed by atoms with Crippen LogP contribution < -0.4 is 19.5 Å². The number of methoxy groups -OCH3 is 3. The Bertz CT molecular complexity index is 952. The second-order valence-electron chi connectivity index (χ2n) is 6.29. The van der Waals surface area contributed by atoms with E-state index in [1.165, 1.54) is 26.2 Å². The fourth-order valence-corrected chi connectivity index (χ4v) is 3.10. The lowest BCUT2D eigenvalue weighted by atomic mass is 10.1. The summed E-state index contributed by atoms with van der Waals surface area (Å²) in [6, 6.07) is 10.7. The predicted octanol–water partition coefficient (Wildman–Crippen LogP) is 3.11. The second kappa shape index (κ2) is 8.04. The Morgan fingerprint density at radius 3 is 2.39 bits per heavy atom. The Hall–Kier alpha value is -3.48. The van der Waals surface area contributed by atoms with Crippen molar-refractivity contribution in [3.05, 3.63) is 58.8 Å². The molecule has 1 aliphatic rings. The van der Waals surface area contributed by atoms with E-state index in [-0.39, 0.29) is 12.2 Å². The topological polar surface area (TPSA) is 77.1 Å². The molecule has 1 N–H and O–H groups in total. The third-order valence-corrected chi connectivity index (χ3v) is 4.42. The summed E-state index contributed by atoms with van der Waals surface area (Å²) in [5.41, 5.74) is 2.70. The number of nitrogens with one attached hydrogen (secondary N) is 1. The maximum Gasteiger partial charge on any atom is 0.329 e. The molecule has 2 aromatic rings. The van der Waals surface area contributed by atoms with Crippen molar-refractivity contribution in [2.45, 2.75) is 13.5 Å². The van der Waals surface area contributed by atoms with Crippen molar-refractivity contribution in [2.24, 2.45) is 0 Å². The molecule has 7 nitrogen and oxygen atoms in total. The first kappa shape index (κ1) is 19.3. The number of ether oxygens (including phenoxy) is 3. The van der Waals surface area contributed by atoms with E-state index in [9.17, 15) is 9.59 Å². The van der Waals surface area contributed by atoms with E-state index in [4.69, 9.17) is 14.2 Å². The van der Waals surface area contributed by atoms with E-state index in [1.807, 2.05) is 31.2 Å². The molecule has 1 heterocycles. The lowest BCUT2D eigenvalue weighted by Crippen LogP contribution is -2.30. The number of aryl methyl sites for hydroxylation is 1. The first-order chi connectivity index (χ1) is 13.5. The summed E-state index contributed by atoms with van der Waals surface area (Å²) in [5.74, 6) is 0.925. The molecule has 7 heteroatoms. The quantitative estimate of drug-likeness (QED) is 0.614. The van der Waals surface area contributed by atoms with Gasteiger partial charge in [0.2, 0.25) is 5.75 Å². The van der Waals surface area contributed by atoms with Crippen molar-refractivity contribution >= 4 is 18.0 Å². The molecule has 0 spiro atoms. The fraction of sp³-hybridized carbons (Fsp3) is 0.238. The number of imide groups is 1. The molecule has 0 bridgehead atoms. The highest BCUT2D eigenvalue weighted by Gasteiger charge is 2.34. The molecule has 1 aliphatic heterocycles. The zero-order chi connectivity index (χ0) is 20.3. The highest BCUT2D eigenvalue weighted by atomic mass is 16.5. The minimum Gasteiger partial charge on any atom is -0.493 e. The van der Waals surface area contributed by atoms with Crippen LogP contribution in [0.1, 0.15) is 16.7 Å². The molecule has 1 saturated heterocycles. The van der Waals surface area contributed by atoms with Crippen LogP contribution in [0.5, 0.6) is 17.2 Å². The molecule has 0 unspecified atom stereocenters. The number of benzene rings is 2. The van der Waals surface area contributed by atoms with E-state index in [1.54, 1.807) is 18.2 Å². The number of amides is 3. The van der Waals surface area contributed by atoms with Gasteiger partial charge in [0, 0.05) is 5.56 Å². The Morgan fingerprint density at radius 2 is 1.75 bits per heavy atom. The Balaban J connectivity index is 1.91. The van der Waals surface area contributed by atoms with Gasteiger partial charge in [-0.3, -0.25) is 9.69 Å². The minimum atomic E-state index is -0.461. The van der Waals surface area contributed by atoms with Crippen LogP contribution in [0.15, 0.2) is 42.1 Å². The van der Waals surface area contributed by atoms with Crippen LogP contribution in [-0.2, 0) is 11.3 Å². The number of carbonyl (C=O) groups is 2. The molecular formula is C21H22N2O5. The maximum absolute atomic E-state index is 12.8. The normalized spacial score (nSPS) is 15.0. The van der Waals surface area contributed by atoms with Gasteiger partial charge in [0.05, 0.1) is 27.9 Å². The number of hydrogen-bond donors (Lipinski definition) is 1. The largest absolute Gasteiger partial charge is 0.493 e. The van der Waals surface area contributed by atoms with Crippen molar-refractivity contribution in [1.29, 1.82) is 0 Å². The molecule has 0 aromatic heterocycles. The minimum absolute atomic E-state index is 0.170. The molecular weight excluding hydrogens is 360 g/mol. The molecule has 0 saturated carbocycles. The van der Waals surface area contributed by atoms with Gasteiger partial charge in [-0.15, -0.1) is 0 Å². The van der Waals surface area contributed by atoms with E-state index in [0.717, 1.165) is 11.1 Å². The summed E-state index contributed by atoms with van der Waals surface area (Å²) in [6.45, 7) is 2.16. The van der Waals surface area contributed by atoms with E-state index >= 15 is 0 Å². The van der Waals surface area contributed by atoms with Gasteiger partial charge in [-0.05, 0) is 30.7 Å². The van der Waals surface area contributed by atoms with Crippen molar-refractivity contribution in [3.63, 3.8) is 0 Å². The Labute approximate surface area is 163 Å². The zero-order valence-corrected chi connectivity index (χ0v) is 16.2. The Morgan fingerprint density at radius 1 is 1.00 bits per heavy atom. The average molecular weight is 382 g/mol. The van der Waals surface area contributed by atoms with Gasteiger partial charge in [-0.1, -0.05) is 29.8 Å². The SMILES string of the molecule is COc1ccc(/C=C2/NC(=O)N(Cc3cccc(C)c3)C2=O)c(OC)c1OC. The van der Waals surface area contributed by atoms with Crippen LogP contribution in [0.2, 0.25) is 0 Å². The molecule has 0 atom stereocenters. The third-order valence-electron chi connectivity index (χ3n) is 4.42. The lowest BCUT2D eigenvalue weighted by Gasteiger charge is -2.14. The second-order valence-corrected chi connectivity index (χ2v) is 6.29. The summed E-state index contributed by atoms with van der Waals surface area (Å²) >= 11 is 0. The van der Waals surface area contributed by atoms with Crippen LogP contribution in [0.25, 0.3) is 6.08 Å². The highest BCUT2D eigenvalue weighted by molar-refractivity contribution is 6.14. The van der Waals surface area contributed by atoms with Gasteiger partial charge in [-0.25, -0.2) is 4.79 Å². The molecule has 28 heavy (non-hydrogen) atoms. The number of urea groups is 1. The summed E-state index contributed by atoms with van der Waals surface area (Å²) in [4.78, 5) is 26.3. The van der Waals surface area contributed by atoms with Crippen molar-refractivity contribution in [1.82, 2.24) is 10.2 Å². The first-order valence-corrected chi connectivity index (χ1v) is 8.67. The van der Waals surface area contributed by atoms with Crippen LogP contribution in [-0.4, -0.2) is 38.2 Å². The molecule has 0 aliphatic carbocycles. The third kappa shape index (κ3) is 3.64. The first-order valence-electron chi connectivity index (χ1n) is 8.67. The summed E-state index contributed by atoms with van der Waals surface area (Å²) < 4.78 is 16.1. The molecule has 3 amide bonds.